The van der Waals surface area contributed by atoms with E-state index >= 15 is 0 Å². The van der Waals surface area contributed by atoms with Gasteiger partial charge in [0, 0.05) is 7.05 Å². The highest BCUT2D eigenvalue weighted by Crippen LogP contribution is 2.30. The monoisotopic (exact) mass is 341 g/mol. The number of aromatic nitrogens is 2. The third-order valence-corrected chi connectivity index (χ3v) is 3.90. The van der Waals surface area contributed by atoms with E-state index < -0.39 is 11.7 Å². The zero-order valence-electron chi connectivity index (χ0n) is 13.5. The molecular weight excluding hydrogens is 323 g/mol. The molecule has 24 heavy (non-hydrogen) atoms. The number of nitrogens with zero attached hydrogens (tertiary/aromatic N) is 3. The predicted octanol–water partition coefficient (Wildman–Crippen LogP) is 2.65. The molecule has 130 valence electrons. The van der Waals surface area contributed by atoms with Crippen LogP contribution in [0.5, 0.6) is 0 Å². The van der Waals surface area contributed by atoms with E-state index in [0.717, 1.165) is 12.1 Å². The zero-order valence-corrected chi connectivity index (χ0v) is 13.5. The Balaban J connectivity index is 2.39. The summed E-state index contributed by atoms with van der Waals surface area (Å²) in [6.07, 6.45) is -3.13. The largest absolute Gasteiger partial charge is 0.416 e. The molecule has 0 bridgehead atoms. The average Bonchev–Trinajstić information content (AvgIpc) is 2.93. The zero-order chi connectivity index (χ0) is 18.1. The quantitative estimate of drug-likeness (QED) is 0.930. The lowest BCUT2D eigenvalue weighted by atomic mass is 10.1. The van der Waals surface area contributed by atoms with Crippen LogP contribution >= 0.6 is 0 Å². The van der Waals surface area contributed by atoms with Crippen LogP contribution in [0.2, 0.25) is 0 Å². The molecule has 5 nitrogen and oxygen atoms in total. The van der Waals surface area contributed by atoms with E-state index in [4.69, 9.17) is 5.11 Å². The Bertz CT molecular complexity index is 740. The Morgan fingerprint density at radius 1 is 1.42 bits per heavy atom. The summed E-state index contributed by atoms with van der Waals surface area (Å²) in [4.78, 5) is 13.8. The first-order valence-electron chi connectivity index (χ1n) is 7.27. The molecule has 1 N–H and O–H groups in total. The molecule has 1 amide bonds. The van der Waals surface area contributed by atoms with Crippen LogP contribution in [0.4, 0.5) is 13.2 Å². The molecular formula is C16H18F3N3O2. The summed E-state index contributed by atoms with van der Waals surface area (Å²) >= 11 is 0. The molecule has 1 aromatic heterocycles. The van der Waals surface area contributed by atoms with Crippen molar-refractivity contribution >= 4 is 5.91 Å². The van der Waals surface area contributed by atoms with E-state index in [0.29, 0.717) is 5.69 Å². The minimum Gasteiger partial charge on any atom is -0.394 e. The minimum absolute atomic E-state index is 0.191. The van der Waals surface area contributed by atoms with Crippen LogP contribution in [0.3, 0.4) is 0 Å². The second-order valence-corrected chi connectivity index (χ2v) is 5.55. The van der Waals surface area contributed by atoms with Gasteiger partial charge >= 0.3 is 6.18 Å². The van der Waals surface area contributed by atoms with Crippen molar-refractivity contribution in [3.63, 3.8) is 0 Å². The van der Waals surface area contributed by atoms with Gasteiger partial charge in [-0.25, -0.2) is 4.68 Å². The van der Waals surface area contributed by atoms with Gasteiger partial charge in [0.2, 0.25) is 0 Å². The number of amides is 1. The number of benzene rings is 1. The lowest BCUT2D eigenvalue weighted by Crippen LogP contribution is -2.37. The molecule has 1 heterocycles. The number of halogens is 3. The van der Waals surface area contributed by atoms with Crippen molar-refractivity contribution in [3.8, 4) is 5.69 Å². The molecule has 0 spiro atoms. The van der Waals surface area contributed by atoms with Gasteiger partial charge in [0.05, 0.1) is 41.4 Å². The number of hydrogen-bond acceptors (Lipinski definition) is 3. The van der Waals surface area contributed by atoms with Gasteiger partial charge in [-0.05, 0) is 32.0 Å². The maximum absolute atomic E-state index is 12.8. The predicted molar refractivity (Wildman–Crippen MR) is 81.9 cm³/mol. The van der Waals surface area contributed by atoms with E-state index in [1.165, 1.54) is 27.9 Å². The Hall–Kier alpha value is -2.35. The molecule has 2 aromatic rings. The fourth-order valence-corrected chi connectivity index (χ4v) is 2.21. The highest BCUT2D eigenvalue weighted by atomic mass is 19.4. The molecule has 0 radical (unpaired) electrons. The maximum Gasteiger partial charge on any atom is 0.416 e. The van der Waals surface area contributed by atoms with Crippen molar-refractivity contribution < 1.29 is 23.1 Å². The number of alkyl halides is 3. The topological polar surface area (TPSA) is 58.4 Å². The maximum atomic E-state index is 12.8. The number of aliphatic hydroxyl groups is 1. The van der Waals surface area contributed by atoms with Gasteiger partial charge in [0.25, 0.3) is 5.91 Å². The number of hydrogen-bond donors (Lipinski definition) is 1. The summed E-state index contributed by atoms with van der Waals surface area (Å²) in [6.45, 7) is 3.10. The first-order chi connectivity index (χ1) is 11.2. The second kappa shape index (κ2) is 6.64. The van der Waals surface area contributed by atoms with Gasteiger partial charge in [0.15, 0.2) is 0 Å². The van der Waals surface area contributed by atoms with Gasteiger partial charge in [-0.2, -0.15) is 18.3 Å². The van der Waals surface area contributed by atoms with Crippen LogP contribution in [0.25, 0.3) is 5.69 Å². The Labute approximate surface area is 137 Å². The van der Waals surface area contributed by atoms with Crippen molar-refractivity contribution in [2.45, 2.75) is 26.1 Å². The SMILES string of the molecule is Cc1c(C(=O)N(C)C(C)CO)cnn1-c1cccc(C(F)(F)F)c1. The molecule has 1 aromatic carbocycles. The van der Waals surface area contributed by atoms with Gasteiger partial charge in [-0.1, -0.05) is 6.07 Å². The normalized spacial score (nSPS) is 13.0. The Kier molecular flexibility index (Phi) is 4.98. The molecule has 8 heteroatoms. The van der Waals surface area contributed by atoms with E-state index in [1.807, 2.05) is 0 Å². The molecule has 0 aliphatic rings. The van der Waals surface area contributed by atoms with Crippen LogP contribution in [-0.4, -0.2) is 45.4 Å². The minimum atomic E-state index is -4.45. The molecule has 0 saturated heterocycles. The first kappa shape index (κ1) is 18.0. The average molecular weight is 341 g/mol. The van der Waals surface area contributed by atoms with E-state index in [9.17, 15) is 18.0 Å². The van der Waals surface area contributed by atoms with Crippen molar-refractivity contribution in [2.75, 3.05) is 13.7 Å². The highest BCUT2D eigenvalue weighted by Gasteiger charge is 2.31. The Morgan fingerprint density at radius 3 is 2.67 bits per heavy atom. The third kappa shape index (κ3) is 3.43. The van der Waals surface area contributed by atoms with E-state index in [-0.39, 0.29) is 29.8 Å². The highest BCUT2D eigenvalue weighted by molar-refractivity contribution is 5.95. The van der Waals surface area contributed by atoms with Crippen molar-refractivity contribution in [1.82, 2.24) is 14.7 Å². The van der Waals surface area contributed by atoms with Gasteiger partial charge in [-0.3, -0.25) is 4.79 Å². The van der Waals surface area contributed by atoms with Crippen molar-refractivity contribution in [3.05, 3.63) is 47.3 Å². The summed E-state index contributed by atoms with van der Waals surface area (Å²) in [5.74, 6) is -0.354. The second-order valence-electron chi connectivity index (χ2n) is 5.55. The standard InChI is InChI=1S/C16H18F3N3O2/c1-10(9-23)21(3)15(24)14-8-20-22(11(14)2)13-6-4-5-12(7-13)16(17,18)19/h4-8,10,23H,9H2,1-3H3. The van der Waals surface area contributed by atoms with Crippen LogP contribution in [-0.2, 0) is 6.18 Å². The number of likely N-dealkylation sites (N-methyl/N-ethyl adjacent to an activating group) is 1. The first-order valence-corrected chi connectivity index (χ1v) is 7.27. The van der Waals surface area contributed by atoms with Crippen LogP contribution < -0.4 is 0 Å². The van der Waals surface area contributed by atoms with Crippen molar-refractivity contribution in [2.24, 2.45) is 0 Å². The molecule has 2 rings (SSSR count). The van der Waals surface area contributed by atoms with Crippen LogP contribution in [0.1, 0.15) is 28.5 Å². The van der Waals surface area contributed by atoms with Crippen LogP contribution in [0, 0.1) is 6.92 Å². The smallest absolute Gasteiger partial charge is 0.394 e. The van der Waals surface area contributed by atoms with E-state index in [2.05, 4.69) is 5.10 Å². The van der Waals surface area contributed by atoms with Crippen LogP contribution in [0.15, 0.2) is 30.5 Å². The third-order valence-electron chi connectivity index (χ3n) is 3.90. The number of rotatable bonds is 4. The Morgan fingerprint density at radius 2 is 2.08 bits per heavy atom. The summed E-state index contributed by atoms with van der Waals surface area (Å²) in [7, 11) is 1.55. The summed E-state index contributed by atoms with van der Waals surface area (Å²) in [5.41, 5.74) is 0.138. The summed E-state index contributed by atoms with van der Waals surface area (Å²) in [6, 6.07) is 4.36. The molecule has 0 fully saturated rings. The number of aliphatic hydroxyl groups excluding tert-OH is 1. The summed E-state index contributed by atoms with van der Waals surface area (Å²) in [5, 5.41) is 13.2. The summed E-state index contributed by atoms with van der Waals surface area (Å²) < 4.78 is 39.8. The molecule has 0 aliphatic heterocycles. The molecule has 0 saturated carbocycles. The number of carbonyl (C=O) groups excluding carboxylic acids is 1. The lowest BCUT2D eigenvalue weighted by Gasteiger charge is -2.22. The van der Waals surface area contributed by atoms with Gasteiger partial charge in [-0.15, -0.1) is 0 Å². The fraction of sp³-hybridized carbons (Fsp3) is 0.375. The van der Waals surface area contributed by atoms with Gasteiger partial charge in [0.1, 0.15) is 0 Å². The van der Waals surface area contributed by atoms with Gasteiger partial charge < -0.3 is 10.0 Å². The molecule has 0 aliphatic carbocycles. The molecule has 1 atom stereocenters. The lowest BCUT2D eigenvalue weighted by molar-refractivity contribution is -0.137. The number of carbonyl (C=O) groups is 1. The fourth-order valence-electron chi connectivity index (χ4n) is 2.21. The molecule has 1 unspecified atom stereocenters. The van der Waals surface area contributed by atoms with Crippen molar-refractivity contribution in [1.29, 1.82) is 0 Å². The van der Waals surface area contributed by atoms with E-state index in [1.54, 1.807) is 20.9 Å².